The Bertz CT molecular complexity index is 524. The second-order valence-corrected chi connectivity index (χ2v) is 5.25. The van der Waals surface area contributed by atoms with Gasteiger partial charge in [-0.2, -0.15) is 0 Å². The zero-order chi connectivity index (χ0) is 15.2. The molecule has 0 spiro atoms. The predicted octanol–water partition coefficient (Wildman–Crippen LogP) is 1.70. The van der Waals surface area contributed by atoms with Crippen molar-refractivity contribution in [1.82, 2.24) is 9.88 Å². The Morgan fingerprint density at radius 1 is 1.52 bits per heavy atom. The third kappa shape index (κ3) is 4.15. The highest BCUT2D eigenvalue weighted by Crippen LogP contribution is 2.20. The molecule has 0 saturated carbocycles. The maximum atomic E-state index is 12.1. The van der Waals surface area contributed by atoms with E-state index >= 15 is 0 Å². The Morgan fingerprint density at radius 3 is 3.05 bits per heavy atom. The fraction of sp³-hybridized carbons (Fsp3) is 0.500. The standard InChI is InChI=1S/C14H18ClN3O3/c1-21-14(20)11-6-2-3-8-18(11)9-12(19)17-10-5-4-7-16-13(10)15/h4-5,7,11H,2-3,6,8-9H2,1H3,(H,17,19)/t11-/m1/s1. The average Bonchev–Trinajstić information content (AvgIpc) is 2.49. The summed E-state index contributed by atoms with van der Waals surface area (Å²) in [5, 5.41) is 2.95. The summed E-state index contributed by atoms with van der Waals surface area (Å²) >= 11 is 5.90. The molecule has 1 aromatic heterocycles. The molecule has 1 aliphatic rings. The fourth-order valence-electron chi connectivity index (χ4n) is 2.44. The van der Waals surface area contributed by atoms with Crippen LogP contribution in [0.5, 0.6) is 0 Å². The van der Waals surface area contributed by atoms with Crippen LogP contribution < -0.4 is 5.32 Å². The summed E-state index contributed by atoms with van der Waals surface area (Å²) in [5.41, 5.74) is 0.468. The molecule has 1 aliphatic heterocycles. The molecule has 1 fully saturated rings. The normalized spacial score (nSPS) is 19.0. The van der Waals surface area contributed by atoms with E-state index in [2.05, 4.69) is 10.3 Å². The number of esters is 1. The topological polar surface area (TPSA) is 71.5 Å². The minimum atomic E-state index is -0.348. The summed E-state index contributed by atoms with van der Waals surface area (Å²) in [5.74, 6) is -0.511. The van der Waals surface area contributed by atoms with Crippen molar-refractivity contribution in [3.63, 3.8) is 0 Å². The highest BCUT2D eigenvalue weighted by molar-refractivity contribution is 6.32. The van der Waals surface area contributed by atoms with Crippen molar-refractivity contribution in [2.45, 2.75) is 25.3 Å². The molecule has 1 N–H and O–H groups in total. The molecule has 2 rings (SSSR count). The van der Waals surface area contributed by atoms with E-state index in [1.54, 1.807) is 18.3 Å². The Balaban J connectivity index is 1.97. The SMILES string of the molecule is COC(=O)[C@H]1CCCCN1CC(=O)Nc1cccnc1Cl. The van der Waals surface area contributed by atoms with Crippen molar-refractivity contribution in [2.24, 2.45) is 0 Å². The van der Waals surface area contributed by atoms with Crippen molar-refractivity contribution in [1.29, 1.82) is 0 Å². The fourth-order valence-corrected chi connectivity index (χ4v) is 2.60. The summed E-state index contributed by atoms with van der Waals surface area (Å²) in [6.07, 6.45) is 4.20. The minimum Gasteiger partial charge on any atom is -0.468 e. The highest BCUT2D eigenvalue weighted by Gasteiger charge is 2.30. The number of hydrogen-bond acceptors (Lipinski definition) is 5. The minimum absolute atomic E-state index is 0.130. The molecule has 21 heavy (non-hydrogen) atoms. The van der Waals surface area contributed by atoms with Crippen molar-refractivity contribution >= 4 is 29.2 Å². The van der Waals surface area contributed by atoms with Crippen LogP contribution in [0.15, 0.2) is 18.3 Å². The van der Waals surface area contributed by atoms with E-state index in [1.807, 2.05) is 4.90 Å². The first-order valence-corrected chi connectivity index (χ1v) is 7.22. The number of ether oxygens (including phenoxy) is 1. The van der Waals surface area contributed by atoms with Gasteiger partial charge in [-0.05, 0) is 31.5 Å². The lowest BCUT2D eigenvalue weighted by Crippen LogP contribution is -2.48. The van der Waals surface area contributed by atoms with E-state index in [-0.39, 0.29) is 29.6 Å². The maximum Gasteiger partial charge on any atom is 0.323 e. The van der Waals surface area contributed by atoms with Gasteiger partial charge in [-0.15, -0.1) is 0 Å². The first-order chi connectivity index (χ1) is 10.1. The van der Waals surface area contributed by atoms with Crippen LogP contribution in [0.4, 0.5) is 5.69 Å². The number of rotatable bonds is 4. The van der Waals surface area contributed by atoms with Crippen LogP contribution >= 0.6 is 11.6 Å². The van der Waals surface area contributed by atoms with E-state index in [1.165, 1.54) is 7.11 Å². The molecule has 0 unspecified atom stereocenters. The largest absolute Gasteiger partial charge is 0.468 e. The summed E-state index contributed by atoms with van der Waals surface area (Å²) in [6.45, 7) is 0.832. The van der Waals surface area contributed by atoms with Crippen LogP contribution in [-0.4, -0.2) is 48.0 Å². The number of hydrogen-bond donors (Lipinski definition) is 1. The van der Waals surface area contributed by atoms with Crippen molar-refractivity contribution in [3.8, 4) is 0 Å². The van der Waals surface area contributed by atoms with Gasteiger partial charge in [0.05, 0.1) is 19.3 Å². The molecule has 0 aromatic carbocycles. The lowest BCUT2D eigenvalue weighted by Gasteiger charge is -2.32. The third-order valence-electron chi connectivity index (χ3n) is 3.47. The maximum absolute atomic E-state index is 12.1. The number of nitrogens with one attached hydrogen (secondary N) is 1. The molecule has 1 saturated heterocycles. The lowest BCUT2D eigenvalue weighted by atomic mass is 10.0. The number of nitrogens with zero attached hydrogens (tertiary/aromatic N) is 2. The molecule has 114 valence electrons. The van der Waals surface area contributed by atoms with Gasteiger partial charge in [-0.1, -0.05) is 18.0 Å². The number of anilines is 1. The molecule has 1 atom stereocenters. The quantitative estimate of drug-likeness (QED) is 0.677. The second-order valence-electron chi connectivity index (χ2n) is 4.90. The predicted molar refractivity (Wildman–Crippen MR) is 79.1 cm³/mol. The number of piperidine rings is 1. The van der Waals surface area contributed by atoms with Gasteiger partial charge in [0.1, 0.15) is 6.04 Å². The molecule has 6 nitrogen and oxygen atoms in total. The number of methoxy groups -OCH3 is 1. The Hall–Kier alpha value is -1.66. The number of carbonyl (C=O) groups excluding carboxylic acids is 2. The Morgan fingerprint density at radius 2 is 2.33 bits per heavy atom. The van der Waals surface area contributed by atoms with Gasteiger partial charge in [-0.3, -0.25) is 14.5 Å². The first kappa shape index (κ1) is 15.7. The van der Waals surface area contributed by atoms with Crippen LogP contribution in [0.1, 0.15) is 19.3 Å². The number of pyridine rings is 1. The average molecular weight is 312 g/mol. The van der Waals surface area contributed by atoms with E-state index < -0.39 is 0 Å². The van der Waals surface area contributed by atoms with E-state index in [0.29, 0.717) is 18.7 Å². The van der Waals surface area contributed by atoms with E-state index in [4.69, 9.17) is 16.3 Å². The first-order valence-electron chi connectivity index (χ1n) is 6.84. The second kappa shape index (κ2) is 7.38. The molecule has 0 aliphatic carbocycles. The van der Waals surface area contributed by atoms with Crippen molar-refractivity contribution in [3.05, 3.63) is 23.5 Å². The number of likely N-dealkylation sites (tertiary alicyclic amines) is 1. The van der Waals surface area contributed by atoms with Crippen LogP contribution in [0.3, 0.4) is 0 Å². The van der Waals surface area contributed by atoms with Gasteiger partial charge in [-0.25, -0.2) is 4.98 Å². The summed E-state index contributed by atoms with van der Waals surface area (Å²) < 4.78 is 4.80. The molecular formula is C14H18ClN3O3. The van der Waals surface area contributed by atoms with Crippen LogP contribution in [0.2, 0.25) is 5.15 Å². The highest BCUT2D eigenvalue weighted by atomic mass is 35.5. The van der Waals surface area contributed by atoms with Gasteiger partial charge in [0.15, 0.2) is 5.15 Å². The molecular weight excluding hydrogens is 294 g/mol. The lowest BCUT2D eigenvalue weighted by molar-refractivity contribution is -0.148. The monoisotopic (exact) mass is 311 g/mol. The molecule has 0 radical (unpaired) electrons. The zero-order valence-corrected chi connectivity index (χ0v) is 12.6. The number of halogens is 1. The van der Waals surface area contributed by atoms with Gasteiger partial charge in [0.2, 0.25) is 5.91 Å². The van der Waals surface area contributed by atoms with E-state index in [9.17, 15) is 9.59 Å². The van der Waals surface area contributed by atoms with Crippen molar-refractivity contribution < 1.29 is 14.3 Å². The van der Waals surface area contributed by atoms with Gasteiger partial charge < -0.3 is 10.1 Å². The zero-order valence-electron chi connectivity index (χ0n) is 11.8. The van der Waals surface area contributed by atoms with Crippen molar-refractivity contribution in [2.75, 3.05) is 25.5 Å². The molecule has 1 aromatic rings. The third-order valence-corrected chi connectivity index (χ3v) is 3.77. The molecule has 1 amide bonds. The summed E-state index contributed by atoms with van der Waals surface area (Å²) in [4.78, 5) is 29.6. The number of amides is 1. The summed E-state index contributed by atoms with van der Waals surface area (Å²) in [6, 6.07) is 3.03. The van der Waals surface area contributed by atoms with Gasteiger partial charge in [0.25, 0.3) is 0 Å². The Kier molecular flexibility index (Phi) is 5.52. The molecule has 0 bridgehead atoms. The van der Waals surface area contributed by atoms with Gasteiger partial charge in [0, 0.05) is 6.20 Å². The number of carbonyl (C=O) groups is 2. The van der Waals surface area contributed by atoms with E-state index in [0.717, 1.165) is 12.8 Å². The molecule has 7 heteroatoms. The van der Waals surface area contributed by atoms with Crippen LogP contribution in [-0.2, 0) is 14.3 Å². The number of aromatic nitrogens is 1. The molecule has 2 heterocycles. The Labute approximate surface area is 128 Å². The smallest absolute Gasteiger partial charge is 0.323 e. The van der Waals surface area contributed by atoms with Crippen LogP contribution in [0.25, 0.3) is 0 Å². The van der Waals surface area contributed by atoms with Gasteiger partial charge >= 0.3 is 5.97 Å². The summed E-state index contributed by atoms with van der Waals surface area (Å²) in [7, 11) is 1.37. The van der Waals surface area contributed by atoms with Crippen LogP contribution in [0, 0.1) is 0 Å².